The van der Waals surface area contributed by atoms with Gasteiger partial charge in [0.25, 0.3) is 0 Å². The summed E-state index contributed by atoms with van der Waals surface area (Å²) in [6, 6.07) is 5.71. The van der Waals surface area contributed by atoms with Gasteiger partial charge in [-0.15, -0.1) is 10.2 Å². The summed E-state index contributed by atoms with van der Waals surface area (Å²) in [7, 11) is 1.88. The quantitative estimate of drug-likeness (QED) is 0.833. The maximum absolute atomic E-state index is 14.4. The van der Waals surface area contributed by atoms with Crippen LogP contribution in [0.15, 0.2) is 24.3 Å². The Kier molecular flexibility index (Phi) is 6.18. The molecule has 1 atom stereocenters. The van der Waals surface area contributed by atoms with Crippen molar-refractivity contribution in [3.05, 3.63) is 47.3 Å². The largest absolute Gasteiger partial charge is 0.379 e. The maximum atomic E-state index is 14.4. The van der Waals surface area contributed by atoms with Crippen LogP contribution in [0.1, 0.15) is 43.0 Å². The number of hydrogen-bond donors (Lipinski definition) is 1. The minimum absolute atomic E-state index is 0.240. The SMILES string of the molecule is CC(C)c1nnc(CNC(=O)C(c2ccccc2F)N2CCOCC2)n1C. The van der Waals surface area contributed by atoms with Crippen molar-refractivity contribution in [3.63, 3.8) is 0 Å². The van der Waals surface area contributed by atoms with Crippen molar-refractivity contribution in [2.24, 2.45) is 7.05 Å². The minimum atomic E-state index is -0.701. The summed E-state index contributed by atoms with van der Waals surface area (Å²) in [5, 5.41) is 11.2. The van der Waals surface area contributed by atoms with Crippen LogP contribution in [0.3, 0.4) is 0 Å². The highest BCUT2D eigenvalue weighted by Gasteiger charge is 2.31. The van der Waals surface area contributed by atoms with Gasteiger partial charge in [0, 0.05) is 31.6 Å². The van der Waals surface area contributed by atoms with Crippen molar-refractivity contribution < 1.29 is 13.9 Å². The van der Waals surface area contributed by atoms with Crippen LogP contribution in [-0.2, 0) is 23.1 Å². The second-order valence-corrected chi connectivity index (χ2v) is 6.98. The molecule has 2 aromatic rings. The Morgan fingerprint density at radius 2 is 1.96 bits per heavy atom. The number of benzene rings is 1. The Labute approximate surface area is 158 Å². The molecule has 146 valence electrons. The minimum Gasteiger partial charge on any atom is -0.379 e. The average molecular weight is 375 g/mol. The summed E-state index contributed by atoms with van der Waals surface area (Å²) in [5.41, 5.74) is 0.373. The smallest absolute Gasteiger partial charge is 0.242 e. The molecule has 2 heterocycles. The fourth-order valence-corrected chi connectivity index (χ4v) is 3.33. The van der Waals surface area contributed by atoms with Crippen molar-refractivity contribution in [3.8, 4) is 0 Å². The second-order valence-electron chi connectivity index (χ2n) is 6.98. The zero-order valence-electron chi connectivity index (χ0n) is 16.0. The van der Waals surface area contributed by atoms with Gasteiger partial charge in [-0.25, -0.2) is 4.39 Å². The Morgan fingerprint density at radius 1 is 1.26 bits per heavy atom. The third-order valence-electron chi connectivity index (χ3n) is 4.79. The first-order valence-electron chi connectivity index (χ1n) is 9.21. The normalized spacial score (nSPS) is 16.5. The number of carbonyl (C=O) groups excluding carboxylic acids is 1. The van der Waals surface area contributed by atoms with Crippen molar-refractivity contribution in [1.82, 2.24) is 25.0 Å². The first kappa shape index (κ1) is 19.4. The highest BCUT2D eigenvalue weighted by Crippen LogP contribution is 2.25. The molecule has 1 fully saturated rings. The molecule has 0 spiro atoms. The number of nitrogens with zero attached hydrogens (tertiary/aromatic N) is 4. The molecule has 1 amide bonds. The van der Waals surface area contributed by atoms with Crippen LogP contribution in [0.25, 0.3) is 0 Å². The lowest BCUT2D eigenvalue weighted by atomic mass is 10.0. The first-order chi connectivity index (χ1) is 13.0. The summed E-state index contributed by atoms with van der Waals surface area (Å²) in [6.45, 7) is 6.53. The number of hydrogen-bond acceptors (Lipinski definition) is 5. The van der Waals surface area contributed by atoms with E-state index in [0.29, 0.717) is 37.7 Å². The van der Waals surface area contributed by atoms with Gasteiger partial charge in [-0.1, -0.05) is 32.0 Å². The van der Waals surface area contributed by atoms with Crippen molar-refractivity contribution in [2.45, 2.75) is 32.4 Å². The van der Waals surface area contributed by atoms with Gasteiger partial charge < -0.3 is 14.6 Å². The Balaban J connectivity index is 1.78. The van der Waals surface area contributed by atoms with E-state index in [9.17, 15) is 9.18 Å². The fraction of sp³-hybridized carbons (Fsp3) is 0.526. The monoisotopic (exact) mass is 375 g/mol. The van der Waals surface area contributed by atoms with Crippen LogP contribution in [0.5, 0.6) is 0 Å². The van der Waals surface area contributed by atoms with E-state index in [1.54, 1.807) is 18.2 Å². The van der Waals surface area contributed by atoms with Gasteiger partial charge in [0.1, 0.15) is 17.7 Å². The molecule has 3 rings (SSSR count). The summed E-state index contributed by atoms with van der Waals surface area (Å²) in [4.78, 5) is 15.0. The van der Waals surface area contributed by atoms with Gasteiger partial charge in [0.15, 0.2) is 5.82 Å². The topological polar surface area (TPSA) is 72.3 Å². The van der Waals surface area contributed by atoms with Crippen molar-refractivity contribution >= 4 is 5.91 Å². The predicted molar refractivity (Wildman–Crippen MR) is 98.5 cm³/mol. The molecule has 1 aliphatic heterocycles. The molecule has 1 aromatic carbocycles. The molecule has 27 heavy (non-hydrogen) atoms. The lowest BCUT2D eigenvalue weighted by Crippen LogP contribution is -2.46. The van der Waals surface area contributed by atoms with Gasteiger partial charge in [-0.3, -0.25) is 9.69 Å². The Morgan fingerprint density at radius 3 is 2.59 bits per heavy atom. The number of nitrogens with one attached hydrogen (secondary N) is 1. The zero-order valence-corrected chi connectivity index (χ0v) is 16.0. The van der Waals surface area contributed by atoms with Crippen molar-refractivity contribution in [1.29, 1.82) is 0 Å². The van der Waals surface area contributed by atoms with Crippen molar-refractivity contribution in [2.75, 3.05) is 26.3 Å². The van der Waals surface area contributed by atoms with E-state index in [-0.39, 0.29) is 24.2 Å². The predicted octanol–water partition coefficient (Wildman–Crippen LogP) is 1.77. The van der Waals surface area contributed by atoms with E-state index in [2.05, 4.69) is 15.5 Å². The van der Waals surface area contributed by atoms with Crippen LogP contribution in [0, 0.1) is 5.82 Å². The zero-order chi connectivity index (χ0) is 19.4. The van der Waals surface area contributed by atoms with Gasteiger partial charge in [-0.2, -0.15) is 0 Å². The number of ether oxygens (including phenoxy) is 1. The molecular formula is C19H26FN5O2. The summed E-state index contributed by atoms with van der Waals surface area (Å²) in [6.07, 6.45) is 0. The third kappa shape index (κ3) is 4.33. The van der Waals surface area contributed by atoms with Gasteiger partial charge >= 0.3 is 0 Å². The van der Waals surface area contributed by atoms with E-state index in [1.807, 2.05) is 30.4 Å². The van der Waals surface area contributed by atoms with E-state index >= 15 is 0 Å². The molecule has 1 N–H and O–H groups in total. The molecule has 1 aliphatic rings. The standard InChI is InChI=1S/C19H26FN5O2/c1-13(2)18-23-22-16(24(18)3)12-21-19(26)17(25-8-10-27-11-9-25)14-6-4-5-7-15(14)20/h4-7,13,17H,8-12H2,1-3H3,(H,21,26). The third-order valence-corrected chi connectivity index (χ3v) is 4.79. The summed E-state index contributed by atoms with van der Waals surface area (Å²) in [5.74, 6) is 1.13. The number of carbonyl (C=O) groups is 1. The van der Waals surface area contributed by atoms with Crippen LogP contribution in [-0.4, -0.2) is 51.9 Å². The second kappa shape index (κ2) is 8.58. The molecule has 0 bridgehead atoms. The number of morpholine rings is 1. The molecule has 0 aliphatic carbocycles. The summed E-state index contributed by atoms with van der Waals surface area (Å²) < 4.78 is 21.7. The van der Waals surface area contributed by atoms with E-state index in [4.69, 9.17) is 4.74 Å². The number of amides is 1. The highest BCUT2D eigenvalue weighted by atomic mass is 19.1. The molecule has 0 radical (unpaired) electrons. The van der Waals surface area contributed by atoms with Crippen LogP contribution in [0.2, 0.25) is 0 Å². The Bertz CT molecular complexity index is 786. The molecule has 8 heteroatoms. The Hall–Kier alpha value is -2.32. The fourth-order valence-electron chi connectivity index (χ4n) is 3.33. The van der Waals surface area contributed by atoms with Gasteiger partial charge in [-0.05, 0) is 6.07 Å². The summed E-state index contributed by atoms with van der Waals surface area (Å²) >= 11 is 0. The number of aromatic nitrogens is 3. The van der Waals surface area contributed by atoms with Gasteiger partial charge in [0.05, 0.1) is 19.8 Å². The van der Waals surface area contributed by atoms with E-state index < -0.39 is 6.04 Å². The molecule has 1 aromatic heterocycles. The average Bonchev–Trinajstić information content (AvgIpc) is 3.03. The number of halogens is 1. The van der Waals surface area contributed by atoms with Crippen LogP contribution < -0.4 is 5.32 Å². The van der Waals surface area contributed by atoms with E-state index in [1.165, 1.54) is 6.07 Å². The molecule has 1 unspecified atom stereocenters. The maximum Gasteiger partial charge on any atom is 0.242 e. The first-order valence-corrected chi connectivity index (χ1v) is 9.21. The van der Waals surface area contributed by atoms with Crippen LogP contribution >= 0.6 is 0 Å². The molecule has 7 nitrogen and oxygen atoms in total. The lowest BCUT2D eigenvalue weighted by Gasteiger charge is -2.33. The lowest BCUT2D eigenvalue weighted by molar-refractivity contribution is -0.128. The number of rotatable bonds is 6. The highest BCUT2D eigenvalue weighted by molar-refractivity contribution is 5.83. The molecule has 1 saturated heterocycles. The molecular weight excluding hydrogens is 349 g/mol. The molecule has 0 saturated carbocycles. The van der Waals surface area contributed by atoms with Crippen LogP contribution in [0.4, 0.5) is 4.39 Å². The van der Waals surface area contributed by atoms with E-state index in [0.717, 1.165) is 5.82 Å². The van der Waals surface area contributed by atoms with Gasteiger partial charge in [0.2, 0.25) is 5.91 Å².